The van der Waals surface area contributed by atoms with Gasteiger partial charge >= 0.3 is 6.16 Å². The second kappa shape index (κ2) is 9.73. The molecule has 0 bridgehead atoms. The lowest BCUT2D eigenvalue weighted by atomic mass is 9.80. The summed E-state index contributed by atoms with van der Waals surface area (Å²) in [4.78, 5) is 12.2. The van der Waals surface area contributed by atoms with Gasteiger partial charge in [0.15, 0.2) is 0 Å². The van der Waals surface area contributed by atoms with Crippen LogP contribution < -0.4 is 5.32 Å². The van der Waals surface area contributed by atoms with Crippen molar-refractivity contribution in [3.8, 4) is 0 Å². The fourth-order valence-corrected chi connectivity index (χ4v) is 4.52. The van der Waals surface area contributed by atoms with Crippen molar-refractivity contribution in [2.45, 2.75) is 103 Å². The van der Waals surface area contributed by atoms with Crippen molar-refractivity contribution in [3.05, 3.63) is 70.8 Å². The van der Waals surface area contributed by atoms with Gasteiger partial charge in [-0.3, -0.25) is 0 Å². The largest absolute Gasteiger partial charge is 0.509 e. The van der Waals surface area contributed by atoms with E-state index < -0.39 is 11.8 Å². The van der Waals surface area contributed by atoms with E-state index in [9.17, 15) is 4.79 Å². The molecule has 2 atom stereocenters. The number of carbonyl (C=O) groups excluding carboxylic acids is 1. The fraction of sp³-hybridized carbons (Fsp3) is 0.567. The van der Waals surface area contributed by atoms with Gasteiger partial charge in [0.25, 0.3) is 0 Å². The van der Waals surface area contributed by atoms with Crippen molar-refractivity contribution in [1.82, 2.24) is 5.32 Å². The lowest BCUT2D eigenvalue weighted by molar-refractivity contribution is -0.0233. The van der Waals surface area contributed by atoms with Crippen LogP contribution in [-0.2, 0) is 20.3 Å². The average molecular weight is 466 g/mol. The summed E-state index contributed by atoms with van der Waals surface area (Å²) in [6.45, 7) is 19.6. The molecule has 4 nitrogen and oxygen atoms in total. The van der Waals surface area contributed by atoms with Gasteiger partial charge in [-0.2, -0.15) is 0 Å². The predicted octanol–water partition coefficient (Wildman–Crippen LogP) is 7.10. The molecule has 186 valence electrons. The van der Waals surface area contributed by atoms with E-state index in [2.05, 4.69) is 95.4 Å². The van der Waals surface area contributed by atoms with Crippen molar-refractivity contribution in [2.24, 2.45) is 0 Å². The molecule has 0 aromatic heterocycles. The molecule has 0 amide bonds. The van der Waals surface area contributed by atoms with Crippen LogP contribution in [0.25, 0.3) is 0 Å². The van der Waals surface area contributed by atoms with Gasteiger partial charge < -0.3 is 14.8 Å². The summed E-state index contributed by atoms with van der Waals surface area (Å²) in [6, 6.07) is 18.2. The van der Waals surface area contributed by atoms with E-state index in [1.54, 1.807) is 0 Å². The van der Waals surface area contributed by atoms with E-state index in [4.69, 9.17) is 9.47 Å². The van der Waals surface area contributed by atoms with Crippen molar-refractivity contribution >= 4 is 6.16 Å². The Morgan fingerprint density at radius 1 is 0.794 bits per heavy atom. The van der Waals surface area contributed by atoms with Crippen molar-refractivity contribution < 1.29 is 14.3 Å². The van der Waals surface area contributed by atoms with E-state index in [-0.39, 0.29) is 28.9 Å². The highest BCUT2D eigenvalue weighted by Gasteiger charge is 2.35. The molecule has 1 N–H and O–H groups in total. The number of rotatable bonds is 4. The Morgan fingerprint density at radius 2 is 1.24 bits per heavy atom. The maximum Gasteiger partial charge on any atom is 0.509 e. The summed E-state index contributed by atoms with van der Waals surface area (Å²) in [6.07, 6.45) is -0.0583. The number of benzene rings is 2. The first-order valence-corrected chi connectivity index (χ1v) is 12.5. The van der Waals surface area contributed by atoms with E-state index in [0.29, 0.717) is 6.54 Å². The number of carbonyl (C=O) groups is 1. The van der Waals surface area contributed by atoms with Gasteiger partial charge in [0, 0.05) is 24.9 Å². The lowest BCUT2D eigenvalue weighted by Crippen LogP contribution is -2.30. The van der Waals surface area contributed by atoms with E-state index in [1.807, 2.05) is 20.8 Å². The number of hydrogen-bond donors (Lipinski definition) is 1. The van der Waals surface area contributed by atoms with Gasteiger partial charge in [-0.1, -0.05) is 90.1 Å². The lowest BCUT2D eigenvalue weighted by Gasteiger charge is -2.27. The minimum absolute atomic E-state index is 0.111. The molecule has 2 aromatic carbocycles. The molecule has 0 aliphatic carbocycles. The average Bonchev–Trinajstić information content (AvgIpc) is 3.14. The van der Waals surface area contributed by atoms with E-state index in [1.165, 1.54) is 22.3 Å². The van der Waals surface area contributed by atoms with E-state index in [0.717, 1.165) is 6.42 Å². The summed E-state index contributed by atoms with van der Waals surface area (Å²) in [5, 5.41) is 3.63. The summed E-state index contributed by atoms with van der Waals surface area (Å²) >= 11 is 0. The second-order valence-corrected chi connectivity index (χ2v) is 12.7. The van der Waals surface area contributed by atoms with Crippen LogP contribution in [0.1, 0.15) is 96.9 Å². The molecule has 0 radical (unpaired) electrons. The van der Waals surface area contributed by atoms with Gasteiger partial charge in [-0.15, -0.1) is 0 Å². The summed E-state index contributed by atoms with van der Waals surface area (Å²) in [7, 11) is 0. The number of ether oxygens (including phenoxy) is 2. The zero-order valence-electron chi connectivity index (χ0n) is 22.5. The Kier molecular flexibility index (Phi) is 7.52. The number of hydrogen-bond acceptors (Lipinski definition) is 4. The first-order chi connectivity index (χ1) is 15.6. The van der Waals surface area contributed by atoms with Crippen LogP contribution in [0.5, 0.6) is 0 Å². The van der Waals surface area contributed by atoms with Crippen LogP contribution in [0.2, 0.25) is 0 Å². The SMILES string of the molecule is CC(C)(C)OC(=O)O[C@H]1CN[C@@H](C(c2ccc(C(C)(C)C)cc2)c2ccc(C(C)(C)C)cc2)C1. The van der Waals surface area contributed by atoms with Gasteiger partial charge in [-0.25, -0.2) is 4.79 Å². The highest BCUT2D eigenvalue weighted by molar-refractivity contribution is 5.60. The Hall–Kier alpha value is -2.33. The van der Waals surface area contributed by atoms with Crippen LogP contribution in [0.3, 0.4) is 0 Å². The van der Waals surface area contributed by atoms with Crippen LogP contribution in [-0.4, -0.2) is 30.4 Å². The standard InChI is InChI=1S/C30H43NO3/c1-28(2,3)22-14-10-20(11-15-22)26(21-12-16-23(17-13-21)29(4,5)6)25-18-24(19-31-25)33-27(32)34-30(7,8)9/h10-17,24-26,31H,18-19H2,1-9H3/t24-,25-/m1/s1. The van der Waals surface area contributed by atoms with Crippen molar-refractivity contribution in [2.75, 3.05) is 6.54 Å². The van der Waals surface area contributed by atoms with Crippen molar-refractivity contribution in [1.29, 1.82) is 0 Å². The Bertz CT molecular complexity index is 899. The fourth-order valence-electron chi connectivity index (χ4n) is 4.52. The molecule has 1 saturated heterocycles. The van der Waals surface area contributed by atoms with Crippen LogP contribution in [0.15, 0.2) is 48.5 Å². The maximum absolute atomic E-state index is 12.2. The molecule has 2 aromatic rings. The third kappa shape index (κ3) is 6.85. The first kappa shape index (κ1) is 26.3. The molecule has 1 fully saturated rings. The van der Waals surface area contributed by atoms with Gasteiger partial charge in [0.05, 0.1) is 0 Å². The minimum Gasteiger partial charge on any atom is -0.430 e. The molecular formula is C30H43NO3. The van der Waals surface area contributed by atoms with Gasteiger partial charge in [0.1, 0.15) is 11.7 Å². The highest BCUT2D eigenvalue weighted by atomic mass is 16.7. The maximum atomic E-state index is 12.2. The van der Waals surface area contributed by atoms with Crippen molar-refractivity contribution in [3.63, 3.8) is 0 Å². The molecule has 1 aliphatic heterocycles. The number of nitrogens with one attached hydrogen (secondary N) is 1. The summed E-state index contributed by atoms with van der Waals surface area (Å²) in [5.41, 5.74) is 4.85. The molecule has 3 rings (SSSR count). The zero-order chi connectivity index (χ0) is 25.3. The molecule has 34 heavy (non-hydrogen) atoms. The Labute approximate surface area is 206 Å². The van der Waals surface area contributed by atoms with Crippen LogP contribution in [0.4, 0.5) is 4.79 Å². The Balaban J connectivity index is 1.86. The Morgan fingerprint density at radius 3 is 1.62 bits per heavy atom. The normalized spacial score (nSPS) is 19.4. The molecule has 1 aliphatic rings. The first-order valence-electron chi connectivity index (χ1n) is 12.5. The second-order valence-electron chi connectivity index (χ2n) is 12.7. The third-order valence-corrected chi connectivity index (χ3v) is 6.45. The molecular weight excluding hydrogens is 422 g/mol. The zero-order valence-corrected chi connectivity index (χ0v) is 22.5. The van der Waals surface area contributed by atoms with Gasteiger partial charge in [0.2, 0.25) is 0 Å². The van der Waals surface area contributed by atoms with Crippen LogP contribution >= 0.6 is 0 Å². The quantitative estimate of drug-likeness (QED) is 0.489. The molecule has 0 unspecified atom stereocenters. The minimum atomic E-state index is -0.597. The molecule has 0 spiro atoms. The molecule has 1 heterocycles. The third-order valence-electron chi connectivity index (χ3n) is 6.45. The summed E-state index contributed by atoms with van der Waals surface area (Å²) < 4.78 is 11.0. The summed E-state index contributed by atoms with van der Waals surface area (Å²) in [5.74, 6) is 0.162. The monoisotopic (exact) mass is 465 g/mol. The molecule has 4 heteroatoms. The topological polar surface area (TPSA) is 47.6 Å². The highest BCUT2D eigenvalue weighted by Crippen LogP contribution is 2.35. The predicted molar refractivity (Wildman–Crippen MR) is 140 cm³/mol. The smallest absolute Gasteiger partial charge is 0.430 e. The van der Waals surface area contributed by atoms with Crippen LogP contribution in [0, 0.1) is 0 Å². The van der Waals surface area contributed by atoms with E-state index >= 15 is 0 Å². The van der Waals surface area contributed by atoms with Gasteiger partial charge in [-0.05, 0) is 53.9 Å². The molecule has 0 saturated carbocycles.